The van der Waals surface area contributed by atoms with Crippen LogP contribution in [0.5, 0.6) is 0 Å². The zero-order valence-electron chi connectivity index (χ0n) is 16.2. The van der Waals surface area contributed by atoms with E-state index in [4.69, 9.17) is 0 Å². The van der Waals surface area contributed by atoms with Crippen LogP contribution in [0, 0.1) is 13.8 Å². The second kappa shape index (κ2) is 16.1. The smallest absolute Gasteiger partial charge is 0.0190 e. The van der Waals surface area contributed by atoms with Crippen molar-refractivity contribution in [3.05, 3.63) is 34.9 Å². The molecule has 0 aliphatic heterocycles. The third kappa shape index (κ3) is 12.3. The summed E-state index contributed by atoms with van der Waals surface area (Å²) in [4.78, 5) is 0. The first-order valence-corrected chi connectivity index (χ1v) is 9.63. The van der Waals surface area contributed by atoms with E-state index < -0.39 is 0 Å². The molecule has 0 fully saturated rings. The molecule has 0 heterocycles. The van der Waals surface area contributed by atoms with Crippen molar-refractivity contribution >= 4 is 0 Å². The molecule has 0 nitrogen and oxygen atoms in total. The normalized spacial score (nSPS) is 11.2. The zero-order valence-corrected chi connectivity index (χ0v) is 16.2. The van der Waals surface area contributed by atoms with Crippen molar-refractivity contribution in [3.8, 4) is 0 Å². The lowest BCUT2D eigenvalue weighted by Crippen LogP contribution is -1.94. The summed E-state index contributed by atoms with van der Waals surface area (Å²) >= 11 is 0. The Hall–Kier alpha value is -0.780. The van der Waals surface area contributed by atoms with Gasteiger partial charge in [-0.1, -0.05) is 110 Å². The Morgan fingerprint density at radius 2 is 1.26 bits per heavy atom. The van der Waals surface area contributed by atoms with Gasteiger partial charge in [0.05, 0.1) is 0 Å². The van der Waals surface area contributed by atoms with E-state index in [-0.39, 0.29) is 7.43 Å². The average molecular weight is 321 g/mol. The molecule has 0 heteroatoms. The molecule has 0 saturated carbocycles. The van der Waals surface area contributed by atoms with E-state index in [2.05, 4.69) is 59.7 Å². The SMILES string of the molecule is C.CCC(C)c1ccc(C)cc1C.CCCCCCCCCC. The summed E-state index contributed by atoms with van der Waals surface area (Å²) in [7, 11) is 0. The summed E-state index contributed by atoms with van der Waals surface area (Å²) in [6.45, 7) is 13.4. The predicted molar refractivity (Wildman–Crippen MR) is 110 cm³/mol. The standard InChI is InChI=1S/C12H18.C10H22.CH4/c1-5-10(3)12-7-6-9(2)8-11(12)4;1-3-5-7-9-10-8-6-4-2;/h6-8,10H,5H2,1-4H3;3-10H2,1-2H3;1H4. The lowest BCUT2D eigenvalue weighted by atomic mass is 9.93. The second-order valence-corrected chi connectivity index (χ2v) is 6.79. The van der Waals surface area contributed by atoms with Gasteiger partial charge in [0.15, 0.2) is 0 Å². The molecule has 1 unspecified atom stereocenters. The van der Waals surface area contributed by atoms with Crippen molar-refractivity contribution < 1.29 is 0 Å². The highest BCUT2D eigenvalue weighted by atomic mass is 14.1. The average Bonchev–Trinajstić information content (AvgIpc) is 2.51. The maximum absolute atomic E-state index is 2.29. The maximum Gasteiger partial charge on any atom is -0.0190 e. The van der Waals surface area contributed by atoms with Crippen molar-refractivity contribution in [1.82, 2.24) is 0 Å². The Morgan fingerprint density at radius 1 is 0.783 bits per heavy atom. The molecule has 0 aliphatic rings. The Kier molecular flexibility index (Phi) is 17.1. The van der Waals surface area contributed by atoms with Crippen molar-refractivity contribution in [2.45, 2.75) is 113 Å². The van der Waals surface area contributed by atoms with Crippen LogP contribution in [-0.2, 0) is 0 Å². The first-order valence-electron chi connectivity index (χ1n) is 9.63. The van der Waals surface area contributed by atoms with E-state index in [1.165, 1.54) is 74.5 Å². The number of aryl methyl sites for hydroxylation is 2. The molecule has 1 aromatic carbocycles. The van der Waals surface area contributed by atoms with Crippen LogP contribution in [-0.4, -0.2) is 0 Å². The molecular formula is C23H44. The van der Waals surface area contributed by atoms with Crippen molar-refractivity contribution in [1.29, 1.82) is 0 Å². The van der Waals surface area contributed by atoms with Crippen LogP contribution < -0.4 is 0 Å². The van der Waals surface area contributed by atoms with E-state index in [0.29, 0.717) is 5.92 Å². The van der Waals surface area contributed by atoms with Gasteiger partial charge in [0.1, 0.15) is 0 Å². The van der Waals surface area contributed by atoms with E-state index in [1.807, 2.05) is 0 Å². The first-order chi connectivity index (χ1) is 10.6. The van der Waals surface area contributed by atoms with Gasteiger partial charge < -0.3 is 0 Å². The fraction of sp³-hybridized carbons (Fsp3) is 0.739. The van der Waals surface area contributed by atoms with Crippen molar-refractivity contribution in [2.75, 3.05) is 0 Å². The Balaban J connectivity index is 0. The minimum atomic E-state index is 0. The van der Waals surface area contributed by atoms with Crippen LogP contribution in [0.15, 0.2) is 18.2 Å². The van der Waals surface area contributed by atoms with E-state index in [0.717, 1.165) is 0 Å². The van der Waals surface area contributed by atoms with E-state index in [9.17, 15) is 0 Å². The third-order valence-electron chi connectivity index (χ3n) is 4.53. The zero-order chi connectivity index (χ0) is 16.8. The molecule has 1 atom stereocenters. The molecule has 0 N–H and O–H groups in total. The van der Waals surface area contributed by atoms with Crippen LogP contribution in [0.3, 0.4) is 0 Å². The van der Waals surface area contributed by atoms with E-state index >= 15 is 0 Å². The summed E-state index contributed by atoms with van der Waals surface area (Å²) < 4.78 is 0. The molecule has 0 aromatic heterocycles. The number of unbranched alkanes of at least 4 members (excludes halogenated alkanes) is 7. The fourth-order valence-electron chi connectivity index (χ4n) is 2.81. The lowest BCUT2D eigenvalue weighted by Gasteiger charge is -2.12. The first kappa shape index (κ1) is 24.5. The Bertz CT molecular complexity index is 356. The highest BCUT2D eigenvalue weighted by molar-refractivity contribution is 5.32. The predicted octanol–water partition coefficient (Wildman–Crippen LogP) is 8.60. The van der Waals surface area contributed by atoms with Gasteiger partial charge in [-0.15, -0.1) is 0 Å². The third-order valence-corrected chi connectivity index (χ3v) is 4.53. The van der Waals surface area contributed by atoms with Gasteiger partial charge in [-0.25, -0.2) is 0 Å². The lowest BCUT2D eigenvalue weighted by molar-refractivity contribution is 0.585. The van der Waals surface area contributed by atoms with Gasteiger partial charge in [-0.3, -0.25) is 0 Å². The minimum Gasteiger partial charge on any atom is -0.0776 e. The number of rotatable bonds is 9. The Morgan fingerprint density at radius 3 is 1.65 bits per heavy atom. The molecule has 0 spiro atoms. The van der Waals surface area contributed by atoms with Gasteiger partial charge in [0.2, 0.25) is 0 Å². The molecule has 1 rings (SSSR count). The molecular weight excluding hydrogens is 276 g/mol. The molecule has 0 bridgehead atoms. The van der Waals surface area contributed by atoms with Gasteiger partial charge in [-0.2, -0.15) is 0 Å². The second-order valence-electron chi connectivity index (χ2n) is 6.79. The molecule has 23 heavy (non-hydrogen) atoms. The Labute approximate surface area is 148 Å². The fourth-order valence-corrected chi connectivity index (χ4v) is 2.81. The number of hydrogen-bond donors (Lipinski definition) is 0. The van der Waals surface area contributed by atoms with Crippen molar-refractivity contribution in [2.24, 2.45) is 0 Å². The molecule has 0 saturated heterocycles. The van der Waals surface area contributed by atoms with Crippen LogP contribution in [0.2, 0.25) is 0 Å². The van der Waals surface area contributed by atoms with Gasteiger partial charge in [-0.05, 0) is 37.3 Å². The summed E-state index contributed by atoms with van der Waals surface area (Å²) in [6, 6.07) is 6.73. The molecule has 1 aromatic rings. The highest BCUT2D eigenvalue weighted by Crippen LogP contribution is 2.22. The summed E-state index contributed by atoms with van der Waals surface area (Å²) in [6.07, 6.45) is 12.7. The number of benzene rings is 1. The van der Waals surface area contributed by atoms with Crippen LogP contribution in [0.4, 0.5) is 0 Å². The van der Waals surface area contributed by atoms with Gasteiger partial charge in [0.25, 0.3) is 0 Å². The summed E-state index contributed by atoms with van der Waals surface area (Å²) in [5, 5.41) is 0. The topological polar surface area (TPSA) is 0 Å². The maximum atomic E-state index is 2.29. The van der Waals surface area contributed by atoms with Crippen LogP contribution in [0.25, 0.3) is 0 Å². The highest BCUT2D eigenvalue weighted by Gasteiger charge is 2.05. The molecule has 136 valence electrons. The molecule has 0 amide bonds. The van der Waals surface area contributed by atoms with Crippen LogP contribution in [0.1, 0.15) is 116 Å². The largest absolute Gasteiger partial charge is 0.0776 e. The van der Waals surface area contributed by atoms with E-state index in [1.54, 1.807) is 0 Å². The van der Waals surface area contributed by atoms with Gasteiger partial charge >= 0.3 is 0 Å². The van der Waals surface area contributed by atoms with Gasteiger partial charge in [0, 0.05) is 0 Å². The summed E-state index contributed by atoms with van der Waals surface area (Å²) in [5.41, 5.74) is 4.30. The van der Waals surface area contributed by atoms with Crippen molar-refractivity contribution in [3.63, 3.8) is 0 Å². The van der Waals surface area contributed by atoms with Crippen LogP contribution >= 0.6 is 0 Å². The summed E-state index contributed by atoms with van der Waals surface area (Å²) in [5.74, 6) is 0.700. The monoisotopic (exact) mass is 320 g/mol. The quantitative estimate of drug-likeness (QED) is 0.399. The minimum absolute atomic E-state index is 0. The molecule has 0 radical (unpaired) electrons. The molecule has 0 aliphatic carbocycles. The number of hydrogen-bond acceptors (Lipinski definition) is 0.